The van der Waals surface area contributed by atoms with Crippen molar-refractivity contribution in [2.24, 2.45) is 0 Å². The third-order valence-corrected chi connectivity index (χ3v) is 5.07. The summed E-state index contributed by atoms with van der Waals surface area (Å²) >= 11 is 0. The van der Waals surface area contributed by atoms with Crippen molar-refractivity contribution in [3.63, 3.8) is 0 Å². The zero-order chi connectivity index (χ0) is 19.7. The molecule has 27 heavy (non-hydrogen) atoms. The van der Waals surface area contributed by atoms with Gasteiger partial charge in [-0.15, -0.1) is 0 Å². The normalized spacial score (nSPS) is 20.5. The molecule has 0 amide bonds. The van der Waals surface area contributed by atoms with Crippen LogP contribution in [-0.4, -0.2) is 37.6 Å². The van der Waals surface area contributed by atoms with E-state index in [4.69, 9.17) is 18.9 Å². The number of rotatable bonds is 6. The molecule has 2 N–H and O–H groups in total. The van der Waals surface area contributed by atoms with Crippen LogP contribution in [0.25, 0.3) is 0 Å². The Morgan fingerprint density at radius 3 is 2.33 bits per heavy atom. The Kier molecular flexibility index (Phi) is 5.48. The summed E-state index contributed by atoms with van der Waals surface area (Å²) in [4.78, 5) is 0. The van der Waals surface area contributed by atoms with Crippen LogP contribution in [-0.2, 0) is 4.74 Å². The van der Waals surface area contributed by atoms with Crippen LogP contribution in [0.5, 0.6) is 23.0 Å². The number of aromatic hydroxyl groups is 1. The smallest absolute Gasteiger partial charge is 0.165 e. The lowest BCUT2D eigenvalue weighted by Gasteiger charge is -2.20. The molecule has 0 spiro atoms. The second kappa shape index (κ2) is 7.66. The number of hydrogen-bond donors (Lipinski definition) is 2. The van der Waals surface area contributed by atoms with Crippen molar-refractivity contribution in [2.75, 3.05) is 21.3 Å². The number of aliphatic hydroxyl groups is 1. The second-order valence-electron chi connectivity index (χ2n) is 6.80. The van der Waals surface area contributed by atoms with Gasteiger partial charge in [-0.1, -0.05) is 13.0 Å². The van der Waals surface area contributed by atoms with E-state index in [2.05, 4.69) is 6.92 Å². The Bertz CT molecular complexity index is 817. The fraction of sp³-hybridized carbons (Fsp3) is 0.429. The minimum absolute atomic E-state index is 0.0367. The highest BCUT2D eigenvalue weighted by molar-refractivity contribution is 5.56. The molecule has 1 aliphatic heterocycles. The van der Waals surface area contributed by atoms with Crippen LogP contribution in [0, 0.1) is 0 Å². The highest BCUT2D eigenvalue weighted by Gasteiger charge is 2.36. The Labute approximate surface area is 159 Å². The van der Waals surface area contributed by atoms with Crippen molar-refractivity contribution >= 4 is 0 Å². The van der Waals surface area contributed by atoms with E-state index in [-0.39, 0.29) is 17.8 Å². The van der Waals surface area contributed by atoms with Crippen LogP contribution in [0.4, 0.5) is 0 Å². The molecule has 1 aliphatic rings. The zero-order valence-corrected chi connectivity index (χ0v) is 16.2. The lowest BCUT2D eigenvalue weighted by atomic mass is 9.90. The van der Waals surface area contributed by atoms with Gasteiger partial charge in [0.1, 0.15) is 12.2 Å². The fourth-order valence-electron chi connectivity index (χ4n) is 3.66. The van der Waals surface area contributed by atoms with Gasteiger partial charge in [0.05, 0.1) is 20.3 Å². The van der Waals surface area contributed by atoms with E-state index in [0.717, 1.165) is 16.7 Å². The number of ether oxygens (including phenoxy) is 4. The van der Waals surface area contributed by atoms with Gasteiger partial charge in [0.25, 0.3) is 0 Å². The molecule has 4 atom stereocenters. The van der Waals surface area contributed by atoms with E-state index < -0.39 is 12.2 Å². The molecule has 146 valence electrons. The molecule has 6 nitrogen and oxygen atoms in total. The van der Waals surface area contributed by atoms with Crippen LogP contribution >= 0.6 is 0 Å². The van der Waals surface area contributed by atoms with E-state index in [9.17, 15) is 10.2 Å². The van der Waals surface area contributed by atoms with E-state index in [1.165, 1.54) is 7.11 Å². The van der Waals surface area contributed by atoms with Crippen LogP contribution in [0.15, 0.2) is 30.3 Å². The van der Waals surface area contributed by atoms with Gasteiger partial charge < -0.3 is 29.2 Å². The van der Waals surface area contributed by atoms with E-state index in [1.807, 2.05) is 18.2 Å². The molecule has 0 fully saturated rings. The maximum absolute atomic E-state index is 10.0. The summed E-state index contributed by atoms with van der Waals surface area (Å²) in [6, 6.07) is 9.05. The first kappa shape index (κ1) is 19.3. The van der Waals surface area contributed by atoms with Crippen LogP contribution in [0.2, 0.25) is 0 Å². The molecule has 0 radical (unpaired) electrons. The van der Waals surface area contributed by atoms with Gasteiger partial charge in [0.15, 0.2) is 23.0 Å². The highest BCUT2D eigenvalue weighted by Crippen LogP contribution is 2.52. The number of phenols is 1. The third kappa shape index (κ3) is 3.42. The van der Waals surface area contributed by atoms with E-state index >= 15 is 0 Å². The van der Waals surface area contributed by atoms with Gasteiger partial charge in [-0.25, -0.2) is 0 Å². The molecular formula is C21H26O6. The summed E-state index contributed by atoms with van der Waals surface area (Å²) in [5, 5.41) is 19.9. The summed E-state index contributed by atoms with van der Waals surface area (Å²) in [5.41, 5.74) is 2.72. The van der Waals surface area contributed by atoms with Gasteiger partial charge >= 0.3 is 0 Å². The van der Waals surface area contributed by atoms with Crippen molar-refractivity contribution in [3.8, 4) is 23.0 Å². The summed E-state index contributed by atoms with van der Waals surface area (Å²) in [7, 11) is 4.68. The second-order valence-corrected chi connectivity index (χ2v) is 6.80. The predicted octanol–water partition coefficient (Wildman–Crippen LogP) is 3.71. The summed E-state index contributed by atoms with van der Waals surface area (Å²) < 4.78 is 22.4. The molecular weight excluding hydrogens is 348 g/mol. The number of aliphatic hydroxyl groups excluding tert-OH is 1. The first-order valence-corrected chi connectivity index (χ1v) is 8.87. The first-order valence-electron chi connectivity index (χ1n) is 8.87. The van der Waals surface area contributed by atoms with Crippen LogP contribution in [0.1, 0.15) is 48.7 Å². The Balaban J connectivity index is 2.02. The lowest BCUT2D eigenvalue weighted by Crippen LogP contribution is -2.16. The molecule has 0 bridgehead atoms. The molecule has 1 heterocycles. The molecule has 2 aromatic carbocycles. The van der Waals surface area contributed by atoms with Crippen molar-refractivity contribution in [3.05, 3.63) is 47.0 Å². The quantitative estimate of drug-likeness (QED) is 0.803. The molecule has 3 rings (SSSR count). The predicted molar refractivity (Wildman–Crippen MR) is 101 cm³/mol. The average molecular weight is 374 g/mol. The van der Waals surface area contributed by atoms with Crippen LogP contribution in [0.3, 0.4) is 0 Å². The number of benzene rings is 2. The van der Waals surface area contributed by atoms with Crippen molar-refractivity contribution in [1.82, 2.24) is 0 Å². The molecule has 0 unspecified atom stereocenters. The highest BCUT2D eigenvalue weighted by atomic mass is 16.5. The minimum atomic E-state index is -0.660. The Morgan fingerprint density at radius 1 is 1.04 bits per heavy atom. The molecule has 0 aliphatic carbocycles. The summed E-state index contributed by atoms with van der Waals surface area (Å²) in [6.07, 6.45) is -1.36. The van der Waals surface area contributed by atoms with Gasteiger partial charge in [0, 0.05) is 18.6 Å². The van der Waals surface area contributed by atoms with E-state index in [0.29, 0.717) is 17.2 Å². The average Bonchev–Trinajstić information content (AvgIpc) is 2.99. The molecule has 0 saturated carbocycles. The number of methoxy groups -OCH3 is 3. The molecule has 6 heteroatoms. The maximum atomic E-state index is 10.0. The van der Waals surface area contributed by atoms with Crippen molar-refractivity contribution in [1.29, 1.82) is 0 Å². The monoisotopic (exact) mass is 374 g/mol. The fourth-order valence-corrected chi connectivity index (χ4v) is 3.66. The molecule has 0 aromatic heterocycles. The molecule has 0 saturated heterocycles. The lowest BCUT2D eigenvalue weighted by molar-refractivity contribution is -0.00361. The van der Waals surface area contributed by atoms with Gasteiger partial charge in [-0.05, 0) is 42.3 Å². The Morgan fingerprint density at radius 2 is 1.74 bits per heavy atom. The van der Waals surface area contributed by atoms with Crippen LogP contribution < -0.4 is 14.2 Å². The van der Waals surface area contributed by atoms with Gasteiger partial charge in [0.2, 0.25) is 0 Å². The standard InChI is InChI=1S/C21H26O6/c1-11-15-8-14(20(26-5)12(2)22)10-18(25-4)21(15)27-19(11)13-6-7-16(23)17(9-13)24-3/h6-12,19-20,22-23H,1-5H3/t11-,12-,19-,20-/m1/s1. The molecule has 2 aromatic rings. The number of hydrogen-bond acceptors (Lipinski definition) is 6. The number of fused-ring (bicyclic) bond motifs is 1. The SMILES string of the molecule is COc1cc([C@@H]2Oc3c(OC)cc([C@H](OC)[C@@H](C)O)cc3[C@H]2C)ccc1O. The topological polar surface area (TPSA) is 77.4 Å². The van der Waals surface area contributed by atoms with Gasteiger partial charge in [-0.3, -0.25) is 0 Å². The third-order valence-electron chi connectivity index (χ3n) is 5.07. The number of phenolic OH excluding ortho intramolecular Hbond substituents is 1. The largest absolute Gasteiger partial charge is 0.504 e. The maximum Gasteiger partial charge on any atom is 0.165 e. The zero-order valence-electron chi connectivity index (χ0n) is 16.2. The summed E-state index contributed by atoms with van der Waals surface area (Å²) in [5.74, 6) is 1.82. The van der Waals surface area contributed by atoms with E-state index in [1.54, 1.807) is 33.3 Å². The minimum Gasteiger partial charge on any atom is -0.504 e. The van der Waals surface area contributed by atoms with Crippen molar-refractivity contribution < 1.29 is 29.2 Å². The summed E-state index contributed by atoms with van der Waals surface area (Å²) in [6.45, 7) is 3.77. The van der Waals surface area contributed by atoms with Crippen molar-refractivity contribution in [2.45, 2.75) is 38.1 Å². The first-order chi connectivity index (χ1) is 12.9. The Hall–Kier alpha value is -2.44. The van der Waals surface area contributed by atoms with Gasteiger partial charge in [-0.2, -0.15) is 0 Å².